The molecule has 4 nitrogen and oxygen atoms in total. The van der Waals surface area contributed by atoms with Gasteiger partial charge in [0.1, 0.15) is 11.6 Å². The van der Waals surface area contributed by atoms with E-state index >= 15 is 0 Å². The van der Waals surface area contributed by atoms with Crippen molar-refractivity contribution in [2.45, 2.75) is 44.8 Å². The molecular weight excluding hydrogens is 366 g/mol. The smallest absolute Gasteiger partial charge is 0.263 e. The molecule has 1 aromatic carbocycles. The highest BCUT2D eigenvalue weighted by atomic mass is 35.5. The number of nitrogens with one attached hydrogen (secondary N) is 1. The van der Waals surface area contributed by atoms with Gasteiger partial charge in [-0.15, -0.1) is 12.4 Å². The number of piperidine rings is 1. The molecule has 1 amide bonds. The summed E-state index contributed by atoms with van der Waals surface area (Å²) in [4.78, 5) is 14.4. The first-order valence-electron chi connectivity index (χ1n) is 8.67. The third kappa shape index (κ3) is 5.73. The highest BCUT2D eigenvalue weighted by Gasteiger charge is 2.28. The number of carbonyl (C=O) groups excluding carboxylic acids is 1. The van der Waals surface area contributed by atoms with Crippen molar-refractivity contribution in [3.05, 3.63) is 29.0 Å². The van der Waals surface area contributed by atoms with Gasteiger partial charge in [-0.05, 0) is 63.3 Å². The molecule has 1 aliphatic heterocycles. The summed E-state index contributed by atoms with van der Waals surface area (Å²) < 4.78 is 18.7. The van der Waals surface area contributed by atoms with Crippen LogP contribution >= 0.6 is 24.0 Å². The normalized spacial score (nSPS) is 19.2. The zero-order valence-electron chi connectivity index (χ0n) is 14.3. The number of halogens is 3. The molecule has 0 spiro atoms. The molecule has 0 bridgehead atoms. The Morgan fingerprint density at radius 3 is 2.64 bits per heavy atom. The molecule has 140 valence electrons. The number of nitrogens with zero attached hydrogens (tertiary/aromatic N) is 1. The Bertz CT molecular complexity index is 590. The number of amides is 1. The minimum atomic E-state index is -0.635. The predicted molar refractivity (Wildman–Crippen MR) is 99.1 cm³/mol. The molecule has 25 heavy (non-hydrogen) atoms. The number of benzene rings is 1. The third-order valence-electron chi connectivity index (χ3n) is 4.74. The van der Waals surface area contributed by atoms with Gasteiger partial charge in [-0.25, -0.2) is 4.39 Å². The second kappa shape index (κ2) is 9.06. The van der Waals surface area contributed by atoms with Crippen LogP contribution in [-0.4, -0.2) is 42.6 Å². The van der Waals surface area contributed by atoms with E-state index < -0.39 is 11.9 Å². The lowest BCUT2D eigenvalue weighted by atomic mass is 10.0. The topological polar surface area (TPSA) is 41.6 Å². The van der Waals surface area contributed by atoms with E-state index in [1.807, 2.05) is 4.90 Å². The van der Waals surface area contributed by atoms with E-state index in [-0.39, 0.29) is 23.3 Å². The minimum absolute atomic E-state index is 0. The number of carbonyl (C=O) groups is 1. The maximum Gasteiger partial charge on any atom is 0.263 e. The summed E-state index contributed by atoms with van der Waals surface area (Å²) in [5, 5.41) is 3.78. The van der Waals surface area contributed by atoms with E-state index in [1.165, 1.54) is 31.0 Å². The number of rotatable bonds is 6. The molecule has 1 aromatic rings. The van der Waals surface area contributed by atoms with Gasteiger partial charge < -0.3 is 15.0 Å². The average molecular weight is 391 g/mol. The second-order valence-electron chi connectivity index (χ2n) is 6.79. The molecule has 1 saturated heterocycles. The van der Waals surface area contributed by atoms with Gasteiger partial charge in [-0.2, -0.15) is 0 Å². The number of hydrogen-bond donors (Lipinski definition) is 1. The van der Waals surface area contributed by atoms with Crippen LogP contribution in [0.15, 0.2) is 18.2 Å². The predicted octanol–water partition coefficient (Wildman–Crippen LogP) is 3.66. The Kier molecular flexibility index (Phi) is 7.35. The molecule has 3 rings (SSSR count). The molecule has 1 N–H and O–H groups in total. The number of likely N-dealkylation sites (tertiary alicyclic amines) is 1. The summed E-state index contributed by atoms with van der Waals surface area (Å²) >= 11 is 5.95. The lowest BCUT2D eigenvalue weighted by molar-refractivity contribution is -0.139. The standard InChI is InChI=1S/C18H24ClFN2O2.ClH/c1-12(24-17-5-4-14(20)10-16(17)19)18(23)22-8-6-15(7-9-22)21-11-13-2-3-13;/h4-5,10,12-13,15,21H,2-3,6-9,11H2,1H3;1H. The van der Waals surface area contributed by atoms with E-state index in [4.69, 9.17) is 16.3 Å². The van der Waals surface area contributed by atoms with Gasteiger partial charge in [-0.3, -0.25) is 4.79 Å². The van der Waals surface area contributed by atoms with Crippen LogP contribution in [0.3, 0.4) is 0 Å². The summed E-state index contributed by atoms with van der Waals surface area (Å²) in [7, 11) is 0. The lowest BCUT2D eigenvalue weighted by Crippen LogP contribution is -2.48. The Balaban J connectivity index is 0.00000225. The number of ether oxygens (including phenoxy) is 1. The molecule has 2 aliphatic rings. The van der Waals surface area contributed by atoms with Crippen molar-refractivity contribution < 1.29 is 13.9 Å². The molecule has 1 saturated carbocycles. The third-order valence-corrected chi connectivity index (χ3v) is 5.04. The molecule has 7 heteroatoms. The van der Waals surface area contributed by atoms with E-state index in [0.29, 0.717) is 11.8 Å². The monoisotopic (exact) mass is 390 g/mol. The maximum absolute atomic E-state index is 13.1. The molecular formula is C18H25Cl2FN2O2. The van der Waals surface area contributed by atoms with Crippen LogP contribution in [0, 0.1) is 11.7 Å². The Morgan fingerprint density at radius 1 is 1.36 bits per heavy atom. The molecule has 1 aliphatic carbocycles. The highest BCUT2D eigenvalue weighted by Crippen LogP contribution is 2.28. The SMILES string of the molecule is CC(Oc1ccc(F)cc1Cl)C(=O)N1CCC(NCC2CC2)CC1.Cl. The zero-order chi connectivity index (χ0) is 17.1. The molecule has 0 radical (unpaired) electrons. The van der Waals surface area contributed by atoms with Gasteiger partial charge in [-0.1, -0.05) is 11.6 Å². The van der Waals surface area contributed by atoms with Crippen LogP contribution in [0.25, 0.3) is 0 Å². The van der Waals surface area contributed by atoms with Gasteiger partial charge >= 0.3 is 0 Å². The summed E-state index contributed by atoms with van der Waals surface area (Å²) in [5.74, 6) is 0.738. The van der Waals surface area contributed by atoms with Crippen molar-refractivity contribution in [3.63, 3.8) is 0 Å². The largest absolute Gasteiger partial charge is 0.479 e. The van der Waals surface area contributed by atoms with E-state index in [9.17, 15) is 9.18 Å². The first kappa shape index (κ1) is 20.3. The minimum Gasteiger partial charge on any atom is -0.479 e. The summed E-state index contributed by atoms with van der Waals surface area (Å²) in [5.41, 5.74) is 0. The fraction of sp³-hybridized carbons (Fsp3) is 0.611. The second-order valence-corrected chi connectivity index (χ2v) is 7.19. The molecule has 1 heterocycles. The van der Waals surface area contributed by atoms with Gasteiger partial charge in [0.2, 0.25) is 0 Å². The fourth-order valence-electron chi connectivity index (χ4n) is 3.03. The van der Waals surface area contributed by atoms with Crippen LogP contribution in [-0.2, 0) is 4.79 Å². The molecule has 1 atom stereocenters. The van der Waals surface area contributed by atoms with Gasteiger partial charge in [0.05, 0.1) is 5.02 Å². The zero-order valence-corrected chi connectivity index (χ0v) is 15.9. The van der Waals surface area contributed by atoms with Gasteiger partial charge in [0.25, 0.3) is 5.91 Å². The first-order chi connectivity index (χ1) is 11.5. The Morgan fingerprint density at radius 2 is 2.04 bits per heavy atom. The van der Waals surface area contributed by atoms with Crippen molar-refractivity contribution in [1.29, 1.82) is 0 Å². The summed E-state index contributed by atoms with van der Waals surface area (Å²) in [6.45, 7) is 4.30. The molecule has 0 aromatic heterocycles. The van der Waals surface area contributed by atoms with Gasteiger partial charge in [0.15, 0.2) is 6.10 Å². The van der Waals surface area contributed by atoms with Crippen LogP contribution in [0.4, 0.5) is 4.39 Å². The van der Waals surface area contributed by atoms with Crippen molar-refractivity contribution in [2.24, 2.45) is 5.92 Å². The number of hydrogen-bond acceptors (Lipinski definition) is 3. The van der Waals surface area contributed by atoms with E-state index in [1.54, 1.807) is 6.92 Å². The Labute approximate surface area is 159 Å². The van der Waals surface area contributed by atoms with Crippen LogP contribution < -0.4 is 10.1 Å². The van der Waals surface area contributed by atoms with Crippen LogP contribution in [0.1, 0.15) is 32.6 Å². The highest BCUT2D eigenvalue weighted by molar-refractivity contribution is 6.32. The summed E-state index contributed by atoms with van der Waals surface area (Å²) in [6, 6.07) is 4.42. The maximum atomic E-state index is 13.1. The van der Waals surface area contributed by atoms with E-state index in [0.717, 1.165) is 38.4 Å². The van der Waals surface area contributed by atoms with Crippen molar-refractivity contribution in [3.8, 4) is 5.75 Å². The molecule has 1 unspecified atom stereocenters. The Hall–Kier alpha value is -1.04. The fourth-order valence-corrected chi connectivity index (χ4v) is 3.24. The van der Waals surface area contributed by atoms with Crippen molar-refractivity contribution >= 4 is 29.9 Å². The summed E-state index contributed by atoms with van der Waals surface area (Å²) in [6.07, 6.45) is 4.02. The van der Waals surface area contributed by atoms with Crippen LogP contribution in [0.2, 0.25) is 5.02 Å². The quantitative estimate of drug-likeness (QED) is 0.805. The van der Waals surface area contributed by atoms with Crippen LogP contribution in [0.5, 0.6) is 5.75 Å². The van der Waals surface area contributed by atoms with Gasteiger partial charge in [0, 0.05) is 19.1 Å². The average Bonchev–Trinajstić information content (AvgIpc) is 3.39. The van der Waals surface area contributed by atoms with Crippen molar-refractivity contribution in [1.82, 2.24) is 10.2 Å². The van der Waals surface area contributed by atoms with Crippen molar-refractivity contribution in [2.75, 3.05) is 19.6 Å². The molecule has 2 fully saturated rings. The first-order valence-corrected chi connectivity index (χ1v) is 9.04. The lowest BCUT2D eigenvalue weighted by Gasteiger charge is -2.34. The van der Waals surface area contributed by atoms with E-state index in [2.05, 4.69) is 5.32 Å².